The van der Waals surface area contributed by atoms with Gasteiger partial charge in [0.25, 0.3) is 0 Å². The van der Waals surface area contributed by atoms with Gasteiger partial charge in [0.05, 0.1) is 6.20 Å². The number of benzene rings is 2. The summed E-state index contributed by atoms with van der Waals surface area (Å²) in [4.78, 5) is 0. The lowest BCUT2D eigenvalue weighted by Crippen LogP contribution is -1.95. The summed E-state index contributed by atoms with van der Waals surface area (Å²) in [6.45, 7) is 1.98. The molecule has 0 radical (unpaired) electrons. The molecule has 0 unspecified atom stereocenters. The predicted octanol–water partition coefficient (Wildman–Crippen LogP) is 3.89. The smallest absolute Gasteiger partial charge is 0.185 e. The van der Waals surface area contributed by atoms with Crippen LogP contribution in [0.5, 0.6) is 11.5 Å². The summed E-state index contributed by atoms with van der Waals surface area (Å²) in [7, 11) is 0. The Morgan fingerprint density at radius 2 is 1.70 bits per heavy atom. The van der Waals surface area contributed by atoms with Gasteiger partial charge in [-0.3, -0.25) is 0 Å². The van der Waals surface area contributed by atoms with E-state index in [-0.39, 0.29) is 0 Å². The second kappa shape index (κ2) is 5.53. The van der Waals surface area contributed by atoms with Crippen molar-refractivity contribution in [2.75, 3.05) is 0 Å². The van der Waals surface area contributed by atoms with Gasteiger partial charge in [0, 0.05) is 5.56 Å². The monoisotopic (exact) mass is 302 g/mol. The van der Waals surface area contributed by atoms with E-state index < -0.39 is 0 Å². The van der Waals surface area contributed by atoms with E-state index >= 15 is 0 Å². The second-order valence-electron chi connectivity index (χ2n) is 5.27. The Morgan fingerprint density at radius 1 is 0.870 bits per heavy atom. The van der Waals surface area contributed by atoms with E-state index in [4.69, 9.17) is 4.74 Å². The molecule has 0 fully saturated rings. The molecular formula is C18H14N4O. The van der Waals surface area contributed by atoms with Gasteiger partial charge in [-0.2, -0.15) is 9.61 Å². The third kappa shape index (κ3) is 2.64. The van der Waals surface area contributed by atoms with Crippen LogP contribution in [-0.4, -0.2) is 19.8 Å². The highest BCUT2D eigenvalue weighted by molar-refractivity contribution is 5.61. The quantitative estimate of drug-likeness (QED) is 0.576. The number of ether oxygens (including phenoxy) is 1. The minimum absolute atomic E-state index is 0.693. The van der Waals surface area contributed by atoms with Crippen molar-refractivity contribution in [3.63, 3.8) is 0 Å². The molecule has 2 aromatic heterocycles. The average molecular weight is 302 g/mol. The van der Waals surface area contributed by atoms with Crippen molar-refractivity contribution in [1.29, 1.82) is 0 Å². The fourth-order valence-electron chi connectivity index (χ4n) is 2.39. The van der Waals surface area contributed by atoms with Gasteiger partial charge in [0.15, 0.2) is 11.5 Å². The van der Waals surface area contributed by atoms with Gasteiger partial charge in [0.1, 0.15) is 11.5 Å². The maximum atomic E-state index is 5.87. The van der Waals surface area contributed by atoms with Crippen LogP contribution in [0.1, 0.15) is 5.56 Å². The molecule has 5 heteroatoms. The van der Waals surface area contributed by atoms with E-state index in [0.29, 0.717) is 5.82 Å². The number of aromatic nitrogens is 4. The largest absolute Gasteiger partial charge is 0.457 e. The predicted molar refractivity (Wildman–Crippen MR) is 87.5 cm³/mol. The van der Waals surface area contributed by atoms with Crippen LogP contribution in [0.25, 0.3) is 17.0 Å². The van der Waals surface area contributed by atoms with E-state index in [1.54, 1.807) is 10.7 Å². The topological polar surface area (TPSA) is 52.3 Å². The van der Waals surface area contributed by atoms with E-state index in [1.807, 2.05) is 67.6 Å². The van der Waals surface area contributed by atoms with Crippen molar-refractivity contribution >= 4 is 5.65 Å². The molecule has 4 aromatic rings. The van der Waals surface area contributed by atoms with Crippen molar-refractivity contribution in [3.05, 3.63) is 72.4 Å². The summed E-state index contributed by atoms with van der Waals surface area (Å²) in [6.07, 6.45) is 1.80. The number of rotatable bonds is 3. The molecule has 23 heavy (non-hydrogen) atoms. The zero-order valence-corrected chi connectivity index (χ0v) is 12.5. The first-order chi connectivity index (χ1) is 11.3. The van der Waals surface area contributed by atoms with Crippen LogP contribution in [0, 0.1) is 6.92 Å². The molecule has 0 aliphatic rings. The van der Waals surface area contributed by atoms with Crippen LogP contribution >= 0.6 is 0 Å². The number of hydrogen-bond acceptors (Lipinski definition) is 4. The fourth-order valence-corrected chi connectivity index (χ4v) is 2.39. The van der Waals surface area contributed by atoms with Gasteiger partial charge in [-0.25, -0.2) is 0 Å². The zero-order valence-electron chi connectivity index (χ0n) is 12.5. The van der Waals surface area contributed by atoms with Gasteiger partial charge in [-0.15, -0.1) is 10.2 Å². The third-order valence-electron chi connectivity index (χ3n) is 3.47. The van der Waals surface area contributed by atoms with Gasteiger partial charge in [-0.1, -0.05) is 30.3 Å². The summed E-state index contributed by atoms with van der Waals surface area (Å²) in [5.41, 5.74) is 2.69. The van der Waals surface area contributed by atoms with Crippen LogP contribution < -0.4 is 4.74 Å². The van der Waals surface area contributed by atoms with Gasteiger partial charge in [-0.05, 0) is 42.8 Å². The lowest BCUT2D eigenvalue weighted by molar-refractivity contribution is 0.483. The number of nitrogens with zero attached hydrogens (tertiary/aromatic N) is 4. The van der Waals surface area contributed by atoms with Gasteiger partial charge >= 0.3 is 0 Å². The molecule has 5 nitrogen and oxygen atoms in total. The number of fused-ring (bicyclic) bond motifs is 1. The highest BCUT2D eigenvalue weighted by Gasteiger charge is 2.10. The van der Waals surface area contributed by atoms with E-state index in [1.165, 1.54) is 0 Å². The Labute approximate surface area is 133 Å². The van der Waals surface area contributed by atoms with Crippen LogP contribution in [0.4, 0.5) is 0 Å². The van der Waals surface area contributed by atoms with Gasteiger partial charge < -0.3 is 4.74 Å². The molecule has 4 rings (SSSR count). The van der Waals surface area contributed by atoms with Crippen LogP contribution in [0.15, 0.2) is 66.9 Å². The molecule has 0 bridgehead atoms. The fraction of sp³-hybridized carbons (Fsp3) is 0.0556. The molecule has 0 amide bonds. The second-order valence-corrected chi connectivity index (χ2v) is 5.27. The number of para-hydroxylation sites is 1. The molecule has 112 valence electrons. The molecule has 0 spiro atoms. The first-order valence-corrected chi connectivity index (χ1v) is 7.31. The van der Waals surface area contributed by atoms with Crippen molar-refractivity contribution < 1.29 is 4.74 Å². The summed E-state index contributed by atoms with van der Waals surface area (Å²) in [5.74, 6) is 2.24. The SMILES string of the molecule is Cc1cnn2c(-c3cccc(Oc4ccccc4)c3)nnc2c1. The highest BCUT2D eigenvalue weighted by Crippen LogP contribution is 2.26. The Balaban J connectivity index is 1.73. The number of hydrogen-bond donors (Lipinski definition) is 0. The molecule has 0 atom stereocenters. The summed E-state index contributed by atoms with van der Waals surface area (Å²) in [6, 6.07) is 19.4. The van der Waals surface area contributed by atoms with E-state index in [2.05, 4.69) is 15.3 Å². The van der Waals surface area contributed by atoms with Crippen molar-refractivity contribution in [1.82, 2.24) is 19.8 Å². The maximum absolute atomic E-state index is 5.87. The summed E-state index contributed by atoms with van der Waals surface area (Å²) in [5, 5.41) is 12.8. The summed E-state index contributed by atoms with van der Waals surface area (Å²) >= 11 is 0. The van der Waals surface area contributed by atoms with Crippen LogP contribution in [0.2, 0.25) is 0 Å². The minimum atomic E-state index is 0.693. The Hall–Kier alpha value is -3.21. The van der Waals surface area contributed by atoms with E-state index in [0.717, 1.165) is 28.3 Å². The molecule has 2 aromatic carbocycles. The standard InChI is InChI=1S/C18H14N4O/c1-13-10-17-20-21-18(22(17)19-12-13)14-6-5-9-16(11-14)23-15-7-3-2-4-8-15/h2-12H,1H3. The molecule has 2 heterocycles. The summed E-state index contributed by atoms with van der Waals surface area (Å²) < 4.78 is 7.60. The molecule has 0 aliphatic carbocycles. The molecular weight excluding hydrogens is 288 g/mol. The van der Waals surface area contributed by atoms with Gasteiger partial charge in [0.2, 0.25) is 0 Å². The molecule has 0 saturated carbocycles. The van der Waals surface area contributed by atoms with Crippen molar-refractivity contribution in [3.8, 4) is 22.9 Å². The van der Waals surface area contributed by atoms with Crippen molar-refractivity contribution in [2.45, 2.75) is 6.92 Å². The normalized spacial score (nSPS) is 10.8. The maximum Gasteiger partial charge on any atom is 0.185 e. The molecule has 0 aliphatic heterocycles. The first kappa shape index (κ1) is 13.5. The Kier molecular flexibility index (Phi) is 3.24. The van der Waals surface area contributed by atoms with Crippen LogP contribution in [-0.2, 0) is 0 Å². The number of aryl methyl sites for hydroxylation is 1. The highest BCUT2D eigenvalue weighted by atomic mass is 16.5. The molecule has 0 saturated heterocycles. The first-order valence-electron chi connectivity index (χ1n) is 7.31. The third-order valence-corrected chi connectivity index (χ3v) is 3.47. The Bertz CT molecular complexity index is 963. The molecule has 0 N–H and O–H groups in total. The van der Waals surface area contributed by atoms with Crippen molar-refractivity contribution in [2.24, 2.45) is 0 Å². The van der Waals surface area contributed by atoms with Crippen LogP contribution in [0.3, 0.4) is 0 Å². The van der Waals surface area contributed by atoms with E-state index in [9.17, 15) is 0 Å². The minimum Gasteiger partial charge on any atom is -0.457 e. The lowest BCUT2D eigenvalue weighted by atomic mass is 10.2. The average Bonchev–Trinajstić information content (AvgIpc) is 2.99. The lowest BCUT2D eigenvalue weighted by Gasteiger charge is -2.06. The Morgan fingerprint density at radius 3 is 2.57 bits per heavy atom. The zero-order chi connectivity index (χ0) is 15.6.